The molecule has 0 aliphatic heterocycles. The van der Waals surface area contributed by atoms with Gasteiger partial charge in [0.2, 0.25) is 15.9 Å². The Morgan fingerprint density at radius 1 is 1.23 bits per heavy atom. The van der Waals surface area contributed by atoms with E-state index in [0.717, 1.165) is 37.5 Å². The summed E-state index contributed by atoms with van der Waals surface area (Å²) in [4.78, 5) is 12.3. The maximum Gasteiger partial charge on any atom is 0.232 e. The number of aryl methyl sites for hydroxylation is 1. The summed E-state index contributed by atoms with van der Waals surface area (Å²) >= 11 is 0. The highest BCUT2D eigenvalue weighted by Crippen LogP contribution is 2.31. The van der Waals surface area contributed by atoms with E-state index in [1.165, 1.54) is 24.3 Å². The van der Waals surface area contributed by atoms with Crippen LogP contribution in [-0.2, 0) is 14.8 Å². The van der Waals surface area contributed by atoms with Gasteiger partial charge in [-0.15, -0.1) is 0 Å². The maximum absolute atomic E-state index is 12.3. The molecule has 0 heterocycles. The number of nitrogens with zero attached hydrogens (tertiary/aromatic N) is 1. The van der Waals surface area contributed by atoms with Crippen LogP contribution in [0.15, 0.2) is 18.2 Å². The summed E-state index contributed by atoms with van der Waals surface area (Å²) in [5, 5.41) is 3.07. The highest BCUT2D eigenvalue weighted by molar-refractivity contribution is 7.92. The number of methoxy groups -OCH3 is 1. The van der Waals surface area contributed by atoms with E-state index in [0.29, 0.717) is 11.4 Å². The largest absolute Gasteiger partial charge is 0.495 e. The van der Waals surface area contributed by atoms with Crippen LogP contribution in [0.4, 0.5) is 5.69 Å². The van der Waals surface area contributed by atoms with Gasteiger partial charge in [0.25, 0.3) is 0 Å². The number of anilines is 1. The second-order valence-corrected chi connectivity index (χ2v) is 8.92. The molecule has 0 aromatic heterocycles. The number of sulfonamides is 1. The van der Waals surface area contributed by atoms with Crippen molar-refractivity contribution in [1.82, 2.24) is 5.32 Å². The summed E-state index contributed by atoms with van der Waals surface area (Å²) in [5.41, 5.74) is 1.40. The van der Waals surface area contributed by atoms with E-state index in [9.17, 15) is 13.2 Å². The van der Waals surface area contributed by atoms with Crippen molar-refractivity contribution < 1.29 is 17.9 Å². The first-order valence-electron chi connectivity index (χ1n) is 9.23. The van der Waals surface area contributed by atoms with Crippen LogP contribution in [0.25, 0.3) is 0 Å². The van der Waals surface area contributed by atoms with E-state index in [4.69, 9.17) is 4.74 Å². The minimum absolute atomic E-state index is 0.0944. The monoisotopic (exact) mass is 382 g/mol. The fourth-order valence-electron chi connectivity index (χ4n) is 3.39. The average molecular weight is 383 g/mol. The molecular formula is C19H30N2O4S. The van der Waals surface area contributed by atoms with Gasteiger partial charge in [0.15, 0.2) is 0 Å². The molecule has 1 fully saturated rings. The number of hydrogen-bond acceptors (Lipinski definition) is 4. The van der Waals surface area contributed by atoms with Crippen LogP contribution in [0.3, 0.4) is 0 Å². The molecule has 1 aromatic rings. The minimum atomic E-state index is -3.53. The number of benzene rings is 1. The Morgan fingerprint density at radius 3 is 2.46 bits per heavy atom. The first-order valence-corrected chi connectivity index (χ1v) is 11.1. The van der Waals surface area contributed by atoms with Crippen LogP contribution >= 0.6 is 0 Å². The number of nitrogens with one attached hydrogen (secondary N) is 1. The van der Waals surface area contributed by atoms with Crippen molar-refractivity contribution in [1.29, 1.82) is 0 Å². The predicted molar refractivity (Wildman–Crippen MR) is 104 cm³/mol. The summed E-state index contributed by atoms with van der Waals surface area (Å²) < 4.78 is 31.2. The van der Waals surface area contributed by atoms with Crippen molar-refractivity contribution in [3.05, 3.63) is 23.8 Å². The Labute approximate surface area is 157 Å². The summed E-state index contributed by atoms with van der Waals surface area (Å²) in [6.45, 7) is 1.99. The van der Waals surface area contributed by atoms with E-state index in [2.05, 4.69) is 5.32 Å². The normalized spacial score (nSPS) is 16.0. The topological polar surface area (TPSA) is 75.7 Å². The van der Waals surface area contributed by atoms with E-state index in [1.54, 1.807) is 12.1 Å². The lowest BCUT2D eigenvalue weighted by atomic mass is 10.1. The Balaban J connectivity index is 2.07. The number of rotatable bonds is 7. The number of carbonyl (C=O) groups is 1. The molecule has 0 unspecified atom stereocenters. The van der Waals surface area contributed by atoms with Gasteiger partial charge in [-0.25, -0.2) is 8.42 Å². The lowest BCUT2D eigenvalue weighted by Crippen LogP contribution is -2.38. The molecule has 2 rings (SSSR count). The highest BCUT2D eigenvalue weighted by atomic mass is 32.2. The summed E-state index contributed by atoms with van der Waals surface area (Å²) in [7, 11) is -2.02. The number of hydrogen-bond donors (Lipinski definition) is 1. The van der Waals surface area contributed by atoms with Gasteiger partial charge in [-0.05, 0) is 37.5 Å². The van der Waals surface area contributed by atoms with E-state index < -0.39 is 10.0 Å². The van der Waals surface area contributed by atoms with Crippen molar-refractivity contribution in [2.45, 2.75) is 57.9 Å². The fraction of sp³-hybridized carbons (Fsp3) is 0.632. The first kappa shape index (κ1) is 20.6. The zero-order valence-corrected chi connectivity index (χ0v) is 16.8. The Morgan fingerprint density at radius 2 is 1.88 bits per heavy atom. The van der Waals surface area contributed by atoms with Gasteiger partial charge in [0.05, 0.1) is 19.1 Å². The molecule has 7 heteroatoms. The molecule has 1 aromatic carbocycles. The molecule has 0 spiro atoms. The van der Waals surface area contributed by atoms with Gasteiger partial charge < -0.3 is 10.1 Å². The second kappa shape index (κ2) is 9.26. The summed E-state index contributed by atoms with van der Waals surface area (Å²) in [6, 6.07) is 5.59. The summed E-state index contributed by atoms with van der Waals surface area (Å²) in [5.74, 6) is 0.377. The van der Waals surface area contributed by atoms with E-state index in [1.807, 2.05) is 13.0 Å². The lowest BCUT2D eigenvalue weighted by molar-refractivity contribution is -0.121. The SMILES string of the molecule is COc1ccc(C)cc1N(CCC(=O)NC1CCCCCC1)S(C)(=O)=O. The van der Waals surface area contributed by atoms with Crippen LogP contribution in [-0.4, -0.2) is 40.3 Å². The Hall–Kier alpha value is -1.76. The minimum Gasteiger partial charge on any atom is -0.495 e. The number of amides is 1. The molecule has 6 nitrogen and oxygen atoms in total. The standard InChI is InChI=1S/C19H30N2O4S/c1-15-10-11-18(25-2)17(14-15)21(26(3,23)24)13-12-19(22)20-16-8-6-4-5-7-9-16/h10-11,14,16H,4-9,12-13H2,1-3H3,(H,20,22). The quantitative estimate of drug-likeness (QED) is 0.736. The van der Waals surface area contributed by atoms with Crippen LogP contribution in [0, 0.1) is 6.92 Å². The third kappa shape index (κ3) is 5.90. The molecule has 1 saturated carbocycles. The van der Waals surface area contributed by atoms with Gasteiger partial charge >= 0.3 is 0 Å². The van der Waals surface area contributed by atoms with E-state index in [-0.39, 0.29) is 24.9 Å². The fourth-order valence-corrected chi connectivity index (χ4v) is 4.31. The summed E-state index contributed by atoms with van der Waals surface area (Å²) in [6.07, 6.45) is 8.02. The van der Waals surface area contributed by atoms with Gasteiger partial charge in [-0.2, -0.15) is 0 Å². The first-order chi connectivity index (χ1) is 12.3. The van der Waals surface area contributed by atoms with Crippen molar-refractivity contribution in [3.8, 4) is 5.75 Å². The maximum atomic E-state index is 12.3. The molecule has 26 heavy (non-hydrogen) atoms. The highest BCUT2D eigenvalue weighted by Gasteiger charge is 2.23. The molecule has 1 aliphatic carbocycles. The van der Waals surface area contributed by atoms with Crippen LogP contribution in [0.5, 0.6) is 5.75 Å². The molecule has 1 amide bonds. The predicted octanol–water partition coefficient (Wildman–Crippen LogP) is 3.00. The molecule has 146 valence electrons. The van der Waals surface area contributed by atoms with Gasteiger partial charge in [-0.1, -0.05) is 31.7 Å². The van der Waals surface area contributed by atoms with Gasteiger partial charge in [0.1, 0.15) is 5.75 Å². The molecule has 1 N–H and O–H groups in total. The Kier molecular flexibility index (Phi) is 7.32. The second-order valence-electron chi connectivity index (χ2n) is 7.02. The van der Waals surface area contributed by atoms with Crippen molar-refractivity contribution in [2.75, 3.05) is 24.2 Å². The Bertz CT molecular complexity index is 710. The zero-order chi connectivity index (χ0) is 19.2. The van der Waals surface area contributed by atoms with Crippen LogP contribution in [0.1, 0.15) is 50.5 Å². The van der Waals surface area contributed by atoms with Crippen molar-refractivity contribution in [2.24, 2.45) is 0 Å². The van der Waals surface area contributed by atoms with Crippen LogP contribution in [0.2, 0.25) is 0 Å². The molecule has 0 bridgehead atoms. The van der Waals surface area contributed by atoms with Gasteiger partial charge in [0, 0.05) is 19.0 Å². The molecule has 1 aliphatic rings. The van der Waals surface area contributed by atoms with Gasteiger partial charge in [-0.3, -0.25) is 9.10 Å². The molecule has 0 radical (unpaired) electrons. The third-order valence-corrected chi connectivity index (χ3v) is 5.95. The average Bonchev–Trinajstić information content (AvgIpc) is 2.82. The number of ether oxygens (including phenoxy) is 1. The third-order valence-electron chi connectivity index (χ3n) is 4.77. The van der Waals surface area contributed by atoms with E-state index >= 15 is 0 Å². The smallest absolute Gasteiger partial charge is 0.232 e. The zero-order valence-electron chi connectivity index (χ0n) is 16.0. The molecular weight excluding hydrogens is 352 g/mol. The number of carbonyl (C=O) groups excluding carboxylic acids is 1. The molecule has 0 atom stereocenters. The van der Waals surface area contributed by atoms with Crippen LogP contribution < -0.4 is 14.4 Å². The van der Waals surface area contributed by atoms with Crippen molar-refractivity contribution >= 4 is 21.6 Å². The molecule has 0 saturated heterocycles. The lowest BCUT2D eigenvalue weighted by Gasteiger charge is -2.25. The van der Waals surface area contributed by atoms with Crippen molar-refractivity contribution in [3.63, 3.8) is 0 Å².